The summed E-state index contributed by atoms with van der Waals surface area (Å²) in [5.74, 6) is 1.40. The average Bonchev–Trinajstić information content (AvgIpc) is 3.00. The number of hydrogen-bond acceptors (Lipinski definition) is 7. The lowest BCUT2D eigenvalue weighted by molar-refractivity contribution is -0.0411. The van der Waals surface area contributed by atoms with Gasteiger partial charge in [0.2, 0.25) is 5.88 Å². The number of pyridine rings is 1. The van der Waals surface area contributed by atoms with Crippen LogP contribution < -0.4 is 4.74 Å². The van der Waals surface area contributed by atoms with E-state index >= 15 is 0 Å². The van der Waals surface area contributed by atoms with Crippen LogP contribution in [0.5, 0.6) is 5.88 Å². The van der Waals surface area contributed by atoms with Crippen LogP contribution in [0.2, 0.25) is 0 Å². The van der Waals surface area contributed by atoms with E-state index in [0.29, 0.717) is 19.1 Å². The van der Waals surface area contributed by atoms with E-state index in [1.54, 1.807) is 11.3 Å². The van der Waals surface area contributed by atoms with Crippen LogP contribution in [0.25, 0.3) is 20.4 Å². The first-order valence-electron chi connectivity index (χ1n) is 9.99. The van der Waals surface area contributed by atoms with Crippen LogP contribution in [0.3, 0.4) is 0 Å². The molecule has 0 aliphatic carbocycles. The van der Waals surface area contributed by atoms with Gasteiger partial charge in [-0.1, -0.05) is 13.8 Å². The van der Waals surface area contributed by atoms with E-state index in [4.69, 9.17) is 19.4 Å². The fraction of sp³-hybridized carbons (Fsp3) is 0.571. The molecule has 6 nitrogen and oxygen atoms in total. The van der Waals surface area contributed by atoms with Crippen molar-refractivity contribution in [3.63, 3.8) is 0 Å². The molecule has 0 saturated heterocycles. The quantitative estimate of drug-likeness (QED) is 0.620. The first kappa shape index (κ1) is 19.5. The van der Waals surface area contributed by atoms with Crippen LogP contribution in [0, 0.1) is 6.92 Å². The second kappa shape index (κ2) is 7.54. The summed E-state index contributed by atoms with van der Waals surface area (Å²) >= 11 is 1.62. The molecular formula is C21H28N4O2S. The number of aromatic nitrogens is 3. The topological polar surface area (TPSA) is 60.4 Å². The zero-order chi connectivity index (χ0) is 19.9. The van der Waals surface area contributed by atoms with Gasteiger partial charge in [-0.15, -0.1) is 11.3 Å². The van der Waals surface area contributed by atoms with Crippen molar-refractivity contribution < 1.29 is 9.47 Å². The second-order valence-electron chi connectivity index (χ2n) is 7.90. The van der Waals surface area contributed by atoms with Crippen LogP contribution >= 0.6 is 11.3 Å². The van der Waals surface area contributed by atoms with Gasteiger partial charge in [-0.3, -0.25) is 0 Å². The number of likely N-dealkylation sites (N-methyl/N-ethyl adjacent to an activating group) is 1. The zero-order valence-electron chi connectivity index (χ0n) is 17.3. The Morgan fingerprint density at radius 1 is 1.21 bits per heavy atom. The van der Waals surface area contributed by atoms with E-state index in [0.717, 1.165) is 63.6 Å². The molecular weight excluding hydrogens is 372 g/mol. The van der Waals surface area contributed by atoms with Crippen molar-refractivity contribution in [1.29, 1.82) is 0 Å². The molecule has 4 rings (SSSR count). The van der Waals surface area contributed by atoms with Crippen LogP contribution in [0.15, 0.2) is 6.07 Å². The zero-order valence-corrected chi connectivity index (χ0v) is 18.2. The van der Waals surface area contributed by atoms with Crippen molar-refractivity contribution >= 4 is 31.8 Å². The van der Waals surface area contributed by atoms with Crippen molar-refractivity contribution in [3.05, 3.63) is 23.1 Å². The number of thiophene rings is 1. The summed E-state index contributed by atoms with van der Waals surface area (Å²) in [6.07, 6.45) is 0.824. The Labute approximate surface area is 169 Å². The SMILES string of the molecule is CCN(CC)CCOc1nc(C)nc2c1sc1nc3c(cc12)COC(C)(C)C3. The second-order valence-corrected chi connectivity index (χ2v) is 8.90. The third-order valence-electron chi connectivity index (χ3n) is 5.31. The number of ether oxygens (including phenoxy) is 2. The molecule has 1 aliphatic rings. The van der Waals surface area contributed by atoms with Crippen LogP contribution in [0.1, 0.15) is 44.8 Å². The van der Waals surface area contributed by atoms with Crippen LogP contribution in [-0.4, -0.2) is 51.7 Å². The van der Waals surface area contributed by atoms with E-state index in [1.165, 1.54) is 0 Å². The smallest absolute Gasteiger partial charge is 0.235 e. The van der Waals surface area contributed by atoms with Gasteiger partial charge in [-0.25, -0.2) is 9.97 Å². The van der Waals surface area contributed by atoms with Gasteiger partial charge in [-0.2, -0.15) is 4.98 Å². The molecule has 0 aromatic carbocycles. The molecule has 0 unspecified atom stereocenters. The van der Waals surface area contributed by atoms with Gasteiger partial charge in [0.15, 0.2) is 0 Å². The molecule has 4 heterocycles. The minimum atomic E-state index is -0.167. The standard InChI is InChI=1S/C21H28N4O2S/c1-6-25(7-2)8-9-26-19-18-17(22-13(3)23-19)15-10-14-12-27-21(4,5)11-16(14)24-20(15)28-18/h10H,6-9,11-12H2,1-5H3. The maximum absolute atomic E-state index is 6.09. The van der Waals surface area contributed by atoms with Crippen LogP contribution in [-0.2, 0) is 17.8 Å². The summed E-state index contributed by atoms with van der Waals surface area (Å²) in [6, 6.07) is 2.19. The first-order valence-corrected chi connectivity index (χ1v) is 10.8. The molecule has 0 bridgehead atoms. The van der Waals surface area contributed by atoms with E-state index in [-0.39, 0.29) is 5.60 Å². The molecule has 0 saturated carbocycles. The summed E-state index contributed by atoms with van der Waals surface area (Å²) in [5.41, 5.74) is 3.06. The van der Waals surface area contributed by atoms with Crippen molar-refractivity contribution in [2.75, 3.05) is 26.2 Å². The summed E-state index contributed by atoms with van der Waals surface area (Å²) < 4.78 is 13.0. The molecule has 3 aromatic rings. The number of aryl methyl sites for hydroxylation is 1. The predicted molar refractivity (Wildman–Crippen MR) is 113 cm³/mol. The summed E-state index contributed by atoms with van der Waals surface area (Å²) in [6.45, 7) is 14.6. The van der Waals surface area contributed by atoms with E-state index < -0.39 is 0 Å². The molecule has 3 aromatic heterocycles. The summed E-state index contributed by atoms with van der Waals surface area (Å²) in [5, 5.41) is 1.07. The predicted octanol–water partition coefficient (Wildman–Crippen LogP) is 4.12. The lowest BCUT2D eigenvalue weighted by Crippen LogP contribution is -2.32. The van der Waals surface area contributed by atoms with Gasteiger partial charge in [0, 0.05) is 23.9 Å². The third-order valence-corrected chi connectivity index (χ3v) is 6.39. The van der Waals surface area contributed by atoms with Gasteiger partial charge in [0.05, 0.1) is 23.4 Å². The molecule has 7 heteroatoms. The fourth-order valence-electron chi connectivity index (χ4n) is 3.64. The highest BCUT2D eigenvalue weighted by molar-refractivity contribution is 7.25. The molecule has 1 aliphatic heterocycles. The van der Waals surface area contributed by atoms with Gasteiger partial charge in [0.1, 0.15) is 22.0 Å². The first-order chi connectivity index (χ1) is 13.4. The normalized spacial score (nSPS) is 16.1. The van der Waals surface area contributed by atoms with Crippen molar-refractivity contribution in [1.82, 2.24) is 19.9 Å². The Hall–Kier alpha value is -1.83. The highest BCUT2D eigenvalue weighted by Crippen LogP contribution is 2.39. The van der Waals surface area contributed by atoms with Crippen LogP contribution in [0.4, 0.5) is 0 Å². The average molecular weight is 401 g/mol. The van der Waals surface area contributed by atoms with Crippen molar-refractivity contribution in [2.24, 2.45) is 0 Å². The summed E-state index contributed by atoms with van der Waals surface area (Å²) in [4.78, 5) is 17.6. The van der Waals surface area contributed by atoms with E-state index in [9.17, 15) is 0 Å². The largest absolute Gasteiger partial charge is 0.475 e. The molecule has 0 atom stereocenters. The third kappa shape index (κ3) is 3.71. The van der Waals surface area contributed by atoms with Gasteiger partial charge in [-0.05, 0) is 39.9 Å². The highest BCUT2D eigenvalue weighted by Gasteiger charge is 2.28. The highest BCUT2D eigenvalue weighted by atomic mass is 32.1. The molecule has 0 radical (unpaired) electrons. The number of rotatable bonds is 6. The fourth-order valence-corrected chi connectivity index (χ4v) is 4.70. The monoisotopic (exact) mass is 400 g/mol. The molecule has 0 fully saturated rings. The summed E-state index contributed by atoms with van der Waals surface area (Å²) in [7, 11) is 0. The number of hydrogen-bond donors (Lipinski definition) is 0. The molecule has 28 heavy (non-hydrogen) atoms. The number of fused-ring (bicyclic) bond motifs is 4. The Kier molecular flexibility index (Phi) is 5.24. The van der Waals surface area contributed by atoms with Gasteiger partial charge >= 0.3 is 0 Å². The van der Waals surface area contributed by atoms with Crippen molar-refractivity contribution in [2.45, 2.75) is 53.2 Å². The number of nitrogens with zero attached hydrogens (tertiary/aromatic N) is 4. The lowest BCUT2D eigenvalue weighted by atomic mass is 9.95. The Bertz CT molecular complexity index is 1010. The van der Waals surface area contributed by atoms with Gasteiger partial charge in [0.25, 0.3) is 0 Å². The molecule has 0 amide bonds. The lowest BCUT2D eigenvalue weighted by Gasteiger charge is -2.30. The van der Waals surface area contributed by atoms with Gasteiger partial charge < -0.3 is 14.4 Å². The molecule has 0 N–H and O–H groups in total. The van der Waals surface area contributed by atoms with Crippen molar-refractivity contribution in [3.8, 4) is 5.88 Å². The maximum Gasteiger partial charge on any atom is 0.235 e. The minimum Gasteiger partial charge on any atom is -0.475 e. The molecule has 150 valence electrons. The minimum absolute atomic E-state index is 0.167. The van der Waals surface area contributed by atoms with E-state index in [1.807, 2.05) is 6.92 Å². The maximum atomic E-state index is 6.09. The molecule has 0 spiro atoms. The Morgan fingerprint density at radius 2 is 2.00 bits per heavy atom. The Balaban J connectivity index is 1.72. The van der Waals surface area contributed by atoms with E-state index in [2.05, 4.69) is 43.6 Å². The Morgan fingerprint density at radius 3 is 2.75 bits per heavy atom.